The lowest BCUT2D eigenvalue weighted by Crippen LogP contribution is -2.51. The Hall–Kier alpha value is -1.35. The lowest BCUT2D eigenvalue weighted by Gasteiger charge is -2.43. The third-order valence-corrected chi connectivity index (χ3v) is 4.57. The van der Waals surface area contributed by atoms with Crippen LogP contribution in [0.5, 0.6) is 0 Å². The summed E-state index contributed by atoms with van der Waals surface area (Å²) in [6.45, 7) is 4.17. The second-order valence-corrected chi connectivity index (χ2v) is 6.45. The third kappa shape index (κ3) is 2.35. The van der Waals surface area contributed by atoms with Gasteiger partial charge in [-0.1, -0.05) is 24.3 Å². The molecular formula is C17H24N2O. The van der Waals surface area contributed by atoms with Gasteiger partial charge < -0.3 is 10.6 Å². The van der Waals surface area contributed by atoms with Gasteiger partial charge in [-0.25, -0.2) is 0 Å². The molecule has 3 rings (SSSR count). The molecule has 2 atom stereocenters. The molecule has 2 unspecified atom stereocenters. The van der Waals surface area contributed by atoms with Crippen molar-refractivity contribution in [3.63, 3.8) is 0 Å². The fraction of sp³-hybridized carbons (Fsp3) is 0.588. The lowest BCUT2D eigenvalue weighted by atomic mass is 9.86. The third-order valence-electron chi connectivity index (χ3n) is 4.57. The molecule has 1 saturated carbocycles. The number of hydrogen-bond acceptors (Lipinski definition) is 2. The molecule has 1 aromatic rings. The number of piperidine rings is 1. The second kappa shape index (κ2) is 5.21. The molecule has 1 aromatic carbocycles. The summed E-state index contributed by atoms with van der Waals surface area (Å²) in [6, 6.07) is 8.87. The lowest BCUT2D eigenvalue weighted by molar-refractivity contribution is -0.139. The van der Waals surface area contributed by atoms with Crippen LogP contribution in [0.3, 0.4) is 0 Å². The highest BCUT2D eigenvalue weighted by Crippen LogP contribution is 2.45. The summed E-state index contributed by atoms with van der Waals surface area (Å²) in [5.41, 5.74) is 9.09. The van der Waals surface area contributed by atoms with E-state index < -0.39 is 0 Å². The number of benzene rings is 1. The normalized spacial score (nSPS) is 27.2. The first kappa shape index (κ1) is 13.6. The van der Waals surface area contributed by atoms with E-state index in [-0.39, 0.29) is 24.0 Å². The van der Waals surface area contributed by atoms with Gasteiger partial charge in [0, 0.05) is 18.5 Å². The van der Waals surface area contributed by atoms with Crippen molar-refractivity contribution in [1.82, 2.24) is 4.90 Å². The summed E-state index contributed by atoms with van der Waals surface area (Å²) in [5.74, 6) is 0.932. The van der Waals surface area contributed by atoms with E-state index >= 15 is 0 Å². The molecular weight excluding hydrogens is 248 g/mol. The summed E-state index contributed by atoms with van der Waals surface area (Å²) in [5, 5.41) is 0. The van der Waals surface area contributed by atoms with Crippen molar-refractivity contribution in [3.8, 4) is 0 Å². The van der Waals surface area contributed by atoms with Gasteiger partial charge >= 0.3 is 0 Å². The van der Waals surface area contributed by atoms with Crippen LogP contribution in [0.4, 0.5) is 0 Å². The van der Waals surface area contributed by atoms with Crippen LogP contribution in [0.15, 0.2) is 24.3 Å². The molecule has 1 aliphatic carbocycles. The molecule has 1 saturated heterocycles. The molecule has 1 heterocycles. The van der Waals surface area contributed by atoms with Gasteiger partial charge in [0.15, 0.2) is 0 Å². The van der Waals surface area contributed by atoms with Gasteiger partial charge in [-0.2, -0.15) is 0 Å². The Balaban J connectivity index is 2.02. The Bertz CT molecular complexity index is 507. The first-order valence-corrected chi connectivity index (χ1v) is 7.75. The Morgan fingerprint density at radius 3 is 2.40 bits per heavy atom. The smallest absolute Gasteiger partial charge is 0.223 e. The highest BCUT2D eigenvalue weighted by atomic mass is 16.2. The summed E-state index contributed by atoms with van der Waals surface area (Å²) >= 11 is 0. The number of nitrogens with two attached hydrogens (primary N) is 1. The van der Waals surface area contributed by atoms with E-state index in [2.05, 4.69) is 38.1 Å². The van der Waals surface area contributed by atoms with E-state index in [0.717, 1.165) is 6.42 Å². The maximum absolute atomic E-state index is 12.3. The number of likely N-dealkylation sites (tertiary alicyclic amines) is 1. The zero-order valence-corrected chi connectivity index (χ0v) is 12.4. The van der Waals surface area contributed by atoms with E-state index in [9.17, 15) is 4.79 Å². The maximum Gasteiger partial charge on any atom is 0.223 e. The van der Waals surface area contributed by atoms with Crippen LogP contribution in [0.2, 0.25) is 0 Å². The number of rotatable bonds is 3. The molecule has 0 aromatic heterocycles. The first-order chi connectivity index (χ1) is 9.59. The standard InChI is InChI=1S/C17H24N2O/c1-11(2)19-16(20)10-9-15(18)17(19)14-6-4-3-5-13(14)12-7-8-12/h3-6,11-12,15,17H,7-10,18H2,1-2H3. The summed E-state index contributed by atoms with van der Waals surface area (Å²) in [4.78, 5) is 14.3. The van der Waals surface area contributed by atoms with Gasteiger partial charge in [-0.3, -0.25) is 4.79 Å². The molecule has 1 aliphatic heterocycles. The van der Waals surface area contributed by atoms with E-state index in [4.69, 9.17) is 5.73 Å². The monoisotopic (exact) mass is 272 g/mol. The highest BCUT2D eigenvalue weighted by molar-refractivity contribution is 5.78. The molecule has 3 nitrogen and oxygen atoms in total. The van der Waals surface area contributed by atoms with Gasteiger partial charge in [0.1, 0.15) is 0 Å². The highest BCUT2D eigenvalue weighted by Gasteiger charge is 2.39. The van der Waals surface area contributed by atoms with Gasteiger partial charge in [-0.15, -0.1) is 0 Å². The Morgan fingerprint density at radius 1 is 1.15 bits per heavy atom. The van der Waals surface area contributed by atoms with Gasteiger partial charge in [0.2, 0.25) is 5.91 Å². The van der Waals surface area contributed by atoms with Crippen molar-refractivity contribution >= 4 is 5.91 Å². The Morgan fingerprint density at radius 2 is 1.80 bits per heavy atom. The van der Waals surface area contributed by atoms with Crippen molar-refractivity contribution in [1.29, 1.82) is 0 Å². The van der Waals surface area contributed by atoms with Crippen molar-refractivity contribution < 1.29 is 4.79 Å². The predicted molar refractivity (Wildman–Crippen MR) is 80.3 cm³/mol. The number of amides is 1. The molecule has 2 N–H and O–H groups in total. The van der Waals surface area contributed by atoms with Crippen LogP contribution >= 0.6 is 0 Å². The Labute approximate surface area is 121 Å². The molecule has 108 valence electrons. The zero-order valence-electron chi connectivity index (χ0n) is 12.4. The van der Waals surface area contributed by atoms with Gasteiger partial charge in [0.25, 0.3) is 0 Å². The van der Waals surface area contributed by atoms with Crippen LogP contribution in [0, 0.1) is 0 Å². The summed E-state index contributed by atoms with van der Waals surface area (Å²) < 4.78 is 0. The SMILES string of the molecule is CC(C)N1C(=O)CCC(N)C1c1ccccc1C1CC1. The summed E-state index contributed by atoms with van der Waals surface area (Å²) in [6.07, 6.45) is 3.93. The molecule has 3 heteroatoms. The minimum absolute atomic E-state index is 0.0491. The molecule has 0 spiro atoms. The number of carbonyl (C=O) groups excluding carboxylic acids is 1. The van der Waals surface area contributed by atoms with Crippen molar-refractivity contribution in [2.24, 2.45) is 5.73 Å². The van der Waals surface area contributed by atoms with Crippen molar-refractivity contribution in [3.05, 3.63) is 35.4 Å². The molecule has 0 bridgehead atoms. The fourth-order valence-electron chi connectivity index (χ4n) is 3.47. The van der Waals surface area contributed by atoms with E-state index in [1.807, 2.05) is 4.90 Å². The van der Waals surface area contributed by atoms with Crippen LogP contribution in [0.25, 0.3) is 0 Å². The average Bonchev–Trinajstić information content (AvgIpc) is 3.25. The Kier molecular flexibility index (Phi) is 3.55. The number of carbonyl (C=O) groups is 1. The quantitative estimate of drug-likeness (QED) is 0.919. The van der Waals surface area contributed by atoms with Crippen molar-refractivity contribution in [2.75, 3.05) is 0 Å². The minimum Gasteiger partial charge on any atom is -0.332 e. The van der Waals surface area contributed by atoms with Crippen LogP contribution in [-0.4, -0.2) is 22.9 Å². The number of hydrogen-bond donors (Lipinski definition) is 1. The van der Waals surface area contributed by atoms with E-state index in [0.29, 0.717) is 12.3 Å². The average molecular weight is 272 g/mol. The topological polar surface area (TPSA) is 46.3 Å². The second-order valence-electron chi connectivity index (χ2n) is 6.45. The van der Waals surface area contributed by atoms with Crippen LogP contribution in [0.1, 0.15) is 62.6 Å². The molecule has 20 heavy (non-hydrogen) atoms. The van der Waals surface area contributed by atoms with Gasteiger partial charge in [-0.05, 0) is 50.2 Å². The minimum atomic E-state index is 0.0491. The maximum atomic E-state index is 12.3. The van der Waals surface area contributed by atoms with Crippen LogP contribution < -0.4 is 5.73 Å². The largest absolute Gasteiger partial charge is 0.332 e. The molecule has 0 radical (unpaired) electrons. The summed E-state index contributed by atoms with van der Waals surface area (Å²) in [7, 11) is 0. The van der Waals surface area contributed by atoms with Crippen LogP contribution in [-0.2, 0) is 4.79 Å². The fourth-order valence-corrected chi connectivity index (χ4v) is 3.47. The van der Waals surface area contributed by atoms with Gasteiger partial charge in [0.05, 0.1) is 6.04 Å². The molecule has 1 amide bonds. The first-order valence-electron chi connectivity index (χ1n) is 7.75. The predicted octanol–water partition coefficient (Wildman–Crippen LogP) is 2.96. The molecule has 2 fully saturated rings. The van der Waals surface area contributed by atoms with Crippen molar-refractivity contribution in [2.45, 2.75) is 63.6 Å². The zero-order chi connectivity index (χ0) is 14.3. The number of nitrogens with zero attached hydrogens (tertiary/aromatic N) is 1. The van der Waals surface area contributed by atoms with E-state index in [1.54, 1.807) is 0 Å². The molecule has 2 aliphatic rings. The van der Waals surface area contributed by atoms with E-state index in [1.165, 1.54) is 24.0 Å².